The van der Waals surface area contributed by atoms with Gasteiger partial charge in [-0.3, -0.25) is 0 Å². The van der Waals surface area contributed by atoms with Crippen LogP contribution in [0, 0.1) is 0 Å². The van der Waals surface area contributed by atoms with E-state index in [1.165, 1.54) is 96.3 Å². The van der Waals surface area contributed by atoms with E-state index < -0.39 is 0 Å². The summed E-state index contributed by atoms with van der Waals surface area (Å²) in [7, 11) is 6.42. The van der Waals surface area contributed by atoms with Crippen LogP contribution in [-0.4, -0.2) is 56.3 Å². The number of carbonyl (C=O) groups is 2. The third-order valence-electron chi connectivity index (χ3n) is 7.69. The predicted octanol–water partition coefficient (Wildman–Crippen LogP) is 6.35. The summed E-state index contributed by atoms with van der Waals surface area (Å²) in [5.74, 6) is -0.553. The minimum absolute atomic E-state index is 0. The van der Waals surface area contributed by atoms with Crippen LogP contribution in [0.4, 0.5) is 0 Å². The molecule has 0 heterocycles. The summed E-state index contributed by atoms with van der Waals surface area (Å²) in [4.78, 5) is 22.3. The van der Waals surface area contributed by atoms with Crippen molar-refractivity contribution in [2.45, 2.75) is 149 Å². The fourth-order valence-corrected chi connectivity index (χ4v) is 3.79. The third-order valence-corrected chi connectivity index (χ3v) is 7.69. The monoisotopic (exact) mass is 587 g/mol. The minimum Gasteiger partial charge on any atom is -1.00 e. The van der Waals surface area contributed by atoms with Crippen molar-refractivity contribution in [3.8, 4) is 0 Å². The van der Waals surface area contributed by atoms with E-state index in [0.717, 1.165) is 17.3 Å². The Morgan fingerprint density at radius 2 is 0.900 bits per heavy atom. The molecule has 0 aliphatic heterocycles. The van der Waals surface area contributed by atoms with Gasteiger partial charge in [0, 0.05) is 17.6 Å². The van der Waals surface area contributed by atoms with Crippen LogP contribution in [0.5, 0.6) is 0 Å². The van der Waals surface area contributed by atoms with E-state index in [-0.39, 0.29) is 29.9 Å². The van der Waals surface area contributed by atoms with Crippen molar-refractivity contribution in [1.29, 1.82) is 0 Å². The number of ether oxygens (including phenoxy) is 2. The first-order chi connectivity index (χ1) is 18.3. The lowest BCUT2D eigenvalue weighted by Gasteiger charge is -2.41. The molecule has 40 heavy (non-hydrogen) atoms. The van der Waals surface area contributed by atoms with Gasteiger partial charge in [0.15, 0.2) is 0 Å². The lowest BCUT2D eigenvalue weighted by atomic mass is 9.97. The Morgan fingerprint density at radius 3 is 1.20 bits per heavy atom. The highest BCUT2D eigenvalue weighted by molar-refractivity contribution is 5.87. The zero-order chi connectivity index (χ0) is 30.2. The Kier molecular flexibility index (Phi) is 28.6. The van der Waals surface area contributed by atoms with E-state index in [0.29, 0.717) is 24.4 Å². The Labute approximate surface area is 255 Å². The Balaban J connectivity index is -0.000000739. The average molecular weight is 588 g/mol. The quantitative estimate of drug-likeness (QED) is 0.0605. The average Bonchev–Trinajstić information content (AvgIpc) is 2.85. The second-order valence-electron chi connectivity index (χ2n) is 12.7. The van der Waals surface area contributed by atoms with Gasteiger partial charge in [0.1, 0.15) is 0 Å². The molecule has 0 amide bonds. The van der Waals surface area contributed by atoms with Crippen LogP contribution in [0.15, 0.2) is 24.3 Å². The second kappa shape index (κ2) is 26.6. The highest BCUT2D eigenvalue weighted by Gasteiger charge is 2.32. The summed E-state index contributed by atoms with van der Waals surface area (Å²) in [5.41, 5.74) is 1.04. The maximum atomic E-state index is 11.2. The number of rotatable bonds is 23. The van der Waals surface area contributed by atoms with Crippen LogP contribution >= 0.6 is 0 Å². The van der Waals surface area contributed by atoms with E-state index in [4.69, 9.17) is 9.47 Å². The molecule has 0 fully saturated rings. The van der Waals surface area contributed by atoms with E-state index in [2.05, 4.69) is 55.1 Å². The number of unbranched alkanes of at least 4 members (excludes halogenated alkanes) is 15. The zero-order valence-corrected chi connectivity index (χ0v) is 28.6. The molecular formula is C34H66ClNO4. The molecule has 5 nitrogen and oxygen atoms in total. The molecule has 0 aromatic rings. The Hall–Kier alpha value is -1.33. The van der Waals surface area contributed by atoms with Crippen LogP contribution < -0.4 is 12.4 Å². The summed E-state index contributed by atoms with van der Waals surface area (Å²) in [5, 5.41) is 0. The van der Waals surface area contributed by atoms with E-state index >= 15 is 0 Å². The molecule has 0 aromatic heterocycles. The molecule has 238 valence electrons. The second-order valence-corrected chi connectivity index (χ2v) is 12.7. The number of nitrogens with zero attached hydrogens (tertiary/aromatic N) is 1. The molecule has 0 atom stereocenters. The summed E-state index contributed by atoms with van der Waals surface area (Å²) in [6, 6.07) is 0. The van der Waals surface area contributed by atoms with Crippen LogP contribution in [-0.2, 0) is 19.1 Å². The lowest BCUT2D eigenvalue weighted by Crippen LogP contribution is -3.00. The normalized spacial score (nSPS) is 11.1. The topological polar surface area (TPSA) is 52.6 Å². The molecule has 0 spiro atoms. The van der Waals surface area contributed by atoms with Gasteiger partial charge in [-0.25, -0.2) is 9.59 Å². The summed E-state index contributed by atoms with van der Waals surface area (Å²) in [6.07, 6.45) is 22.6. The molecule has 0 aliphatic rings. The molecule has 0 aliphatic carbocycles. The molecule has 0 bridgehead atoms. The first-order valence-electron chi connectivity index (χ1n) is 15.7. The first-order valence-corrected chi connectivity index (χ1v) is 15.7. The van der Waals surface area contributed by atoms with Gasteiger partial charge in [0.2, 0.25) is 0 Å². The van der Waals surface area contributed by atoms with Crippen LogP contribution in [0.2, 0.25) is 0 Å². The highest BCUT2D eigenvalue weighted by Crippen LogP contribution is 2.21. The van der Waals surface area contributed by atoms with Gasteiger partial charge in [0.05, 0.1) is 39.9 Å². The standard InChI is InChI=1S/C22H42O2.C12H24NO2.ClH/c1-4-5-6-7-8-9-10-11-12-13-14-15-16-17-18-19-20-24-22(23)21(2)3;1-10(2)11(14)15-9-8-12(3,4)13(5,6)7;/h2,4-20H2,1,3H3;1,8-9H2,2-7H3;1H/q;+1;/p-1. The van der Waals surface area contributed by atoms with Gasteiger partial charge in [-0.15, -0.1) is 0 Å². The summed E-state index contributed by atoms with van der Waals surface area (Å²) < 4.78 is 11.0. The summed E-state index contributed by atoms with van der Waals surface area (Å²) in [6.45, 7) is 18.1. The van der Waals surface area contributed by atoms with Crippen molar-refractivity contribution in [3.63, 3.8) is 0 Å². The Bertz CT molecular complexity index is 667. The largest absolute Gasteiger partial charge is 1.00 e. The molecule has 0 radical (unpaired) electrons. The van der Waals surface area contributed by atoms with Crippen LogP contribution in [0.1, 0.15) is 144 Å². The van der Waals surface area contributed by atoms with Crippen molar-refractivity contribution in [2.24, 2.45) is 0 Å². The molecule has 0 aromatic carbocycles. The van der Waals surface area contributed by atoms with Crippen molar-refractivity contribution >= 4 is 11.9 Å². The van der Waals surface area contributed by atoms with E-state index in [1.54, 1.807) is 13.8 Å². The van der Waals surface area contributed by atoms with Gasteiger partial charge >= 0.3 is 11.9 Å². The van der Waals surface area contributed by atoms with Crippen molar-refractivity contribution in [1.82, 2.24) is 0 Å². The SMILES string of the molecule is C=C(C)C(=O)OCCC(C)(C)[N+](C)(C)C.C=C(C)C(=O)OCCCCCCCCCCCCCCCCCC.[Cl-]. The molecule has 0 saturated carbocycles. The number of carbonyl (C=O) groups excluding carboxylic acids is 2. The van der Waals surface area contributed by atoms with Crippen molar-refractivity contribution in [2.75, 3.05) is 34.4 Å². The predicted molar refractivity (Wildman–Crippen MR) is 168 cm³/mol. The van der Waals surface area contributed by atoms with E-state index in [9.17, 15) is 9.59 Å². The van der Waals surface area contributed by atoms with Gasteiger partial charge in [-0.05, 0) is 34.1 Å². The molecule has 0 saturated heterocycles. The zero-order valence-electron chi connectivity index (χ0n) is 27.8. The van der Waals surface area contributed by atoms with Crippen molar-refractivity contribution in [3.05, 3.63) is 24.3 Å². The number of hydrogen-bond acceptors (Lipinski definition) is 4. The number of quaternary nitrogens is 1. The number of halogens is 1. The fourth-order valence-electron chi connectivity index (χ4n) is 3.79. The van der Waals surface area contributed by atoms with Gasteiger partial charge in [0.25, 0.3) is 0 Å². The van der Waals surface area contributed by atoms with Gasteiger partial charge < -0.3 is 26.4 Å². The van der Waals surface area contributed by atoms with Crippen LogP contribution in [0.3, 0.4) is 0 Å². The van der Waals surface area contributed by atoms with Crippen molar-refractivity contribution < 1.29 is 36.0 Å². The fraction of sp³-hybridized carbons (Fsp3) is 0.824. The molecule has 0 rings (SSSR count). The maximum Gasteiger partial charge on any atom is 0.333 e. The first kappa shape index (κ1) is 43.1. The molecule has 0 N–H and O–H groups in total. The van der Waals surface area contributed by atoms with Gasteiger partial charge in [-0.2, -0.15) is 0 Å². The number of hydrogen-bond donors (Lipinski definition) is 0. The molecular weight excluding hydrogens is 522 g/mol. The molecule has 0 unspecified atom stereocenters. The minimum atomic E-state index is -0.299. The van der Waals surface area contributed by atoms with Crippen LogP contribution in [0.25, 0.3) is 0 Å². The van der Waals surface area contributed by atoms with Gasteiger partial charge in [-0.1, -0.05) is 116 Å². The smallest absolute Gasteiger partial charge is 0.333 e. The summed E-state index contributed by atoms with van der Waals surface area (Å²) >= 11 is 0. The third kappa shape index (κ3) is 26.9. The molecule has 6 heteroatoms. The Morgan fingerprint density at radius 1 is 0.600 bits per heavy atom. The lowest BCUT2D eigenvalue weighted by molar-refractivity contribution is -0.920. The van der Waals surface area contributed by atoms with E-state index in [1.807, 2.05) is 0 Å². The highest BCUT2D eigenvalue weighted by atomic mass is 35.5. The number of esters is 2. The maximum absolute atomic E-state index is 11.2.